The Bertz CT molecular complexity index is 602. The van der Waals surface area contributed by atoms with Crippen LogP contribution in [0, 0.1) is 0 Å². The molecule has 0 radical (unpaired) electrons. The average Bonchev–Trinajstić information content (AvgIpc) is 2.60. The smallest absolute Gasteiger partial charge is 0.333 e. The minimum absolute atomic E-state index is 0.263. The third-order valence-corrected chi connectivity index (χ3v) is 4.07. The van der Waals surface area contributed by atoms with Gasteiger partial charge in [0.15, 0.2) is 0 Å². The van der Waals surface area contributed by atoms with Gasteiger partial charge in [-0.3, -0.25) is 0 Å². The molecule has 0 fully saturated rings. The molecule has 0 unspecified atom stereocenters. The van der Waals surface area contributed by atoms with Crippen molar-refractivity contribution in [1.29, 1.82) is 0 Å². The molecule has 0 saturated carbocycles. The summed E-state index contributed by atoms with van der Waals surface area (Å²) < 4.78 is 5.56. The highest BCUT2D eigenvalue weighted by Gasteiger charge is 2.30. The van der Waals surface area contributed by atoms with E-state index in [0.29, 0.717) is 12.2 Å². The van der Waals surface area contributed by atoms with Crippen LogP contribution in [0.15, 0.2) is 72.3 Å². The van der Waals surface area contributed by atoms with Gasteiger partial charge in [-0.15, -0.1) is 0 Å². The number of carbonyl (C=O) groups excluding carboxylic acids is 1. The molecular formula is C20H22O2. The normalized spacial score (nSPS) is 12.0. The topological polar surface area (TPSA) is 26.3 Å². The van der Waals surface area contributed by atoms with Gasteiger partial charge in [-0.2, -0.15) is 0 Å². The number of hydrogen-bond acceptors (Lipinski definition) is 2. The van der Waals surface area contributed by atoms with Crippen molar-refractivity contribution in [2.24, 2.45) is 0 Å². The Balaban J connectivity index is 2.33. The lowest BCUT2D eigenvalue weighted by atomic mass is 9.77. The third-order valence-electron chi connectivity index (χ3n) is 4.07. The molecule has 0 spiro atoms. The van der Waals surface area contributed by atoms with Crippen molar-refractivity contribution >= 4 is 5.97 Å². The second kappa shape index (κ2) is 7.08. The number of carbonyl (C=O) groups is 1. The van der Waals surface area contributed by atoms with Gasteiger partial charge >= 0.3 is 5.97 Å². The quantitative estimate of drug-likeness (QED) is 0.599. The largest absolute Gasteiger partial charge is 0.461 e. The fourth-order valence-corrected chi connectivity index (χ4v) is 2.39. The van der Waals surface area contributed by atoms with Gasteiger partial charge in [-0.1, -0.05) is 66.7 Å². The number of hydrogen-bond donors (Lipinski definition) is 0. The van der Waals surface area contributed by atoms with Gasteiger partial charge in [0.1, 0.15) is 6.61 Å². The molecule has 0 aromatic heterocycles. The first-order chi connectivity index (χ1) is 10.6. The summed E-state index contributed by atoms with van der Waals surface area (Å²) in [5, 5.41) is 0. The zero-order chi connectivity index (χ0) is 16.0. The molecule has 0 aliphatic rings. The fraction of sp³-hybridized carbons (Fsp3) is 0.250. The lowest BCUT2D eigenvalue weighted by Crippen LogP contribution is -2.31. The minimum atomic E-state index is -0.369. The van der Waals surface area contributed by atoms with E-state index in [1.807, 2.05) is 43.3 Å². The second-order valence-electron chi connectivity index (χ2n) is 5.61. The van der Waals surface area contributed by atoms with Crippen molar-refractivity contribution in [3.63, 3.8) is 0 Å². The van der Waals surface area contributed by atoms with Gasteiger partial charge in [0.2, 0.25) is 0 Å². The van der Waals surface area contributed by atoms with Crippen molar-refractivity contribution < 1.29 is 9.53 Å². The lowest BCUT2D eigenvalue weighted by molar-refractivity contribution is -0.140. The van der Waals surface area contributed by atoms with Crippen molar-refractivity contribution in [2.45, 2.75) is 26.2 Å². The third kappa shape index (κ3) is 3.45. The van der Waals surface area contributed by atoms with Gasteiger partial charge in [-0.05, 0) is 31.9 Å². The summed E-state index contributed by atoms with van der Waals surface area (Å²) >= 11 is 0. The number of ether oxygens (including phenoxy) is 1. The number of rotatable bonds is 5. The second-order valence-corrected chi connectivity index (χ2v) is 5.61. The Morgan fingerprint density at radius 2 is 1.45 bits per heavy atom. The summed E-state index contributed by atoms with van der Waals surface area (Å²) in [6.45, 7) is 6.02. The van der Waals surface area contributed by atoms with Crippen LogP contribution in [0.1, 0.15) is 31.9 Å². The van der Waals surface area contributed by atoms with Gasteiger partial charge in [0, 0.05) is 5.57 Å². The summed E-state index contributed by atoms with van der Waals surface area (Å²) in [5.74, 6) is -0.263. The van der Waals surface area contributed by atoms with E-state index in [9.17, 15) is 4.79 Å². The molecule has 0 aliphatic carbocycles. The number of esters is 1. The van der Waals surface area contributed by atoms with Crippen LogP contribution < -0.4 is 0 Å². The molecule has 22 heavy (non-hydrogen) atoms. The summed E-state index contributed by atoms with van der Waals surface area (Å²) in [7, 11) is 0. The highest BCUT2D eigenvalue weighted by molar-refractivity contribution is 5.87. The van der Waals surface area contributed by atoms with E-state index in [-0.39, 0.29) is 11.4 Å². The van der Waals surface area contributed by atoms with Gasteiger partial charge in [0.25, 0.3) is 0 Å². The Hall–Kier alpha value is -2.35. The Morgan fingerprint density at radius 3 is 1.86 bits per heavy atom. The van der Waals surface area contributed by atoms with Crippen molar-refractivity contribution in [3.05, 3.63) is 83.4 Å². The molecule has 0 amide bonds. The van der Waals surface area contributed by atoms with Crippen LogP contribution in [0.25, 0.3) is 0 Å². The molecule has 2 aromatic rings. The van der Waals surface area contributed by atoms with Crippen LogP contribution in [0.4, 0.5) is 0 Å². The van der Waals surface area contributed by atoms with Crippen LogP contribution in [0.5, 0.6) is 0 Å². The zero-order valence-electron chi connectivity index (χ0n) is 13.4. The SMILES string of the molecule is CC=C(C)C(=O)OCC(C)(c1ccccc1)c1ccccc1. The maximum Gasteiger partial charge on any atom is 0.333 e. The lowest BCUT2D eigenvalue weighted by Gasteiger charge is -2.30. The predicted octanol–water partition coefficient (Wildman–Crippen LogP) is 4.50. The van der Waals surface area contributed by atoms with Gasteiger partial charge < -0.3 is 4.74 Å². The van der Waals surface area contributed by atoms with Crippen LogP contribution in [-0.4, -0.2) is 12.6 Å². The van der Waals surface area contributed by atoms with E-state index in [1.54, 1.807) is 13.0 Å². The van der Waals surface area contributed by atoms with E-state index in [4.69, 9.17) is 4.74 Å². The van der Waals surface area contributed by atoms with Crippen molar-refractivity contribution in [1.82, 2.24) is 0 Å². The first kappa shape index (κ1) is 16.0. The first-order valence-corrected chi connectivity index (χ1v) is 7.49. The highest BCUT2D eigenvalue weighted by Crippen LogP contribution is 2.32. The van der Waals surface area contributed by atoms with Crippen molar-refractivity contribution in [3.8, 4) is 0 Å². The molecule has 2 aromatic carbocycles. The van der Waals surface area contributed by atoms with E-state index in [2.05, 4.69) is 31.2 Å². The number of benzene rings is 2. The molecule has 0 heterocycles. The van der Waals surface area contributed by atoms with Crippen LogP contribution in [0.2, 0.25) is 0 Å². The Labute approximate surface area is 132 Å². The van der Waals surface area contributed by atoms with Gasteiger partial charge in [0.05, 0.1) is 5.41 Å². The van der Waals surface area contributed by atoms with E-state index in [0.717, 1.165) is 11.1 Å². The molecule has 0 aliphatic heterocycles. The highest BCUT2D eigenvalue weighted by atomic mass is 16.5. The Morgan fingerprint density at radius 1 is 1.00 bits per heavy atom. The minimum Gasteiger partial charge on any atom is -0.461 e. The molecule has 2 nitrogen and oxygen atoms in total. The van der Waals surface area contributed by atoms with E-state index < -0.39 is 0 Å². The summed E-state index contributed by atoms with van der Waals surface area (Å²) in [6.07, 6.45) is 1.77. The van der Waals surface area contributed by atoms with E-state index in [1.165, 1.54) is 0 Å². The Kier molecular flexibility index (Phi) is 5.16. The predicted molar refractivity (Wildman–Crippen MR) is 89.7 cm³/mol. The maximum absolute atomic E-state index is 12.0. The molecule has 2 heteroatoms. The number of allylic oxidation sites excluding steroid dienone is 1. The van der Waals surface area contributed by atoms with Crippen LogP contribution >= 0.6 is 0 Å². The zero-order valence-corrected chi connectivity index (χ0v) is 13.4. The molecule has 0 saturated heterocycles. The molecule has 0 atom stereocenters. The summed E-state index contributed by atoms with van der Waals surface area (Å²) in [5.41, 5.74) is 2.52. The van der Waals surface area contributed by atoms with Crippen LogP contribution in [0.3, 0.4) is 0 Å². The summed E-state index contributed by atoms with van der Waals surface area (Å²) in [4.78, 5) is 12.0. The van der Waals surface area contributed by atoms with Crippen molar-refractivity contribution in [2.75, 3.05) is 6.61 Å². The molecule has 114 valence electrons. The molecule has 0 bridgehead atoms. The fourth-order valence-electron chi connectivity index (χ4n) is 2.39. The molecule has 2 rings (SSSR count). The summed E-state index contributed by atoms with van der Waals surface area (Å²) in [6, 6.07) is 20.3. The maximum atomic E-state index is 12.0. The molecule has 0 N–H and O–H groups in total. The average molecular weight is 294 g/mol. The van der Waals surface area contributed by atoms with Crippen LogP contribution in [-0.2, 0) is 14.9 Å². The van der Waals surface area contributed by atoms with E-state index >= 15 is 0 Å². The molecular weight excluding hydrogens is 272 g/mol. The first-order valence-electron chi connectivity index (χ1n) is 7.49. The van der Waals surface area contributed by atoms with Gasteiger partial charge in [-0.25, -0.2) is 4.79 Å². The monoisotopic (exact) mass is 294 g/mol. The standard InChI is InChI=1S/C20H22O2/c1-4-16(2)19(21)22-15-20(3,17-11-7-5-8-12-17)18-13-9-6-10-14-18/h4-14H,15H2,1-3H3.